The zero-order valence-corrected chi connectivity index (χ0v) is 10.0. The molecule has 0 aliphatic rings. The molecule has 92 valence electrons. The molecule has 0 aromatic carbocycles. The lowest BCUT2D eigenvalue weighted by atomic mass is 10.4. The zero-order chi connectivity index (χ0) is 12.4. The molecule has 0 amide bonds. The summed E-state index contributed by atoms with van der Waals surface area (Å²) in [6, 6.07) is 0. The van der Waals surface area contributed by atoms with Crippen molar-refractivity contribution in [3.63, 3.8) is 0 Å². The topological polar surface area (TPSA) is 64.6 Å². The normalized spacial score (nSPS) is 10.8. The van der Waals surface area contributed by atoms with Gasteiger partial charge in [0.15, 0.2) is 0 Å². The lowest BCUT2D eigenvalue weighted by molar-refractivity contribution is -0.141. The Labute approximate surface area is 95.8 Å². The van der Waals surface area contributed by atoms with Crippen LogP contribution < -0.4 is 5.32 Å². The number of nitrogens with one attached hydrogen (secondary N) is 1. The summed E-state index contributed by atoms with van der Waals surface area (Å²) in [5, 5.41) is 2.93. The van der Waals surface area contributed by atoms with Gasteiger partial charge in [0, 0.05) is 19.5 Å². The molecule has 0 saturated heterocycles. The summed E-state index contributed by atoms with van der Waals surface area (Å²) in [6.07, 6.45) is 2.09. The highest BCUT2D eigenvalue weighted by Gasteiger charge is 2.03. The van der Waals surface area contributed by atoms with Crippen LogP contribution in [0.2, 0.25) is 0 Å². The van der Waals surface area contributed by atoms with Crippen LogP contribution in [0.1, 0.15) is 27.2 Å². The highest BCUT2D eigenvalue weighted by atomic mass is 16.5. The van der Waals surface area contributed by atoms with E-state index in [1.54, 1.807) is 0 Å². The van der Waals surface area contributed by atoms with E-state index in [0.29, 0.717) is 18.8 Å². The number of hydrogen-bond acceptors (Lipinski definition) is 5. The van der Waals surface area contributed by atoms with E-state index < -0.39 is 5.97 Å². The second kappa shape index (κ2) is 8.76. The van der Waals surface area contributed by atoms with E-state index in [4.69, 9.17) is 9.47 Å². The van der Waals surface area contributed by atoms with E-state index in [-0.39, 0.29) is 12.6 Å². The van der Waals surface area contributed by atoms with Crippen LogP contribution in [-0.4, -0.2) is 31.7 Å². The highest BCUT2D eigenvalue weighted by Crippen LogP contribution is 1.94. The van der Waals surface area contributed by atoms with Crippen molar-refractivity contribution in [2.45, 2.75) is 27.2 Å². The molecular formula is C11H19NO4. The number of hydrogen-bond donors (Lipinski definition) is 1. The van der Waals surface area contributed by atoms with Gasteiger partial charge in [0.2, 0.25) is 0 Å². The Morgan fingerprint density at radius 1 is 1.25 bits per heavy atom. The highest BCUT2D eigenvalue weighted by molar-refractivity contribution is 5.82. The van der Waals surface area contributed by atoms with Crippen molar-refractivity contribution < 1.29 is 19.1 Å². The fourth-order valence-electron chi connectivity index (χ4n) is 0.937. The van der Waals surface area contributed by atoms with Crippen molar-refractivity contribution in [1.29, 1.82) is 0 Å². The first-order chi connectivity index (χ1) is 7.60. The number of rotatable bonds is 7. The molecule has 0 heterocycles. The number of carbonyl (C=O) groups excluding carboxylic acids is 2. The van der Waals surface area contributed by atoms with Gasteiger partial charge in [0.05, 0.1) is 12.3 Å². The molecule has 5 heteroatoms. The van der Waals surface area contributed by atoms with Gasteiger partial charge in [-0.2, -0.15) is 0 Å². The first-order valence-electron chi connectivity index (χ1n) is 5.34. The minimum Gasteiger partial charge on any atom is -0.462 e. The molecule has 0 aromatic heterocycles. The van der Waals surface area contributed by atoms with Crippen molar-refractivity contribution in [3.05, 3.63) is 11.8 Å². The van der Waals surface area contributed by atoms with E-state index in [1.165, 1.54) is 13.0 Å². The molecule has 0 atom stereocenters. The minimum atomic E-state index is -0.426. The van der Waals surface area contributed by atoms with Crippen LogP contribution in [0.15, 0.2) is 11.8 Å². The molecule has 0 aliphatic carbocycles. The molecule has 0 bridgehead atoms. The van der Waals surface area contributed by atoms with Crippen molar-refractivity contribution in [3.8, 4) is 0 Å². The van der Waals surface area contributed by atoms with Gasteiger partial charge in [0.25, 0.3) is 0 Å². The van der Waals surface area contributed by atoms with Crippen molar-refractivity contribution in [1.82, 2.24) is 5.32 Å². The third-order valence-electron chi connectivity index (χ3n) is 1.58. The zero-order valence-electron chi connectivity index (χ0n) is 10.0. The fraction of sp³-hybridized carbons (Fsp3) is 0.636. The van der Waals surface area contributed by atoms with E-state index >= 15 is 0 Å². The van der Waals surface area contributed by atoms with E-state index in [2.05, 4.69) is 5.32 Å². The van der Waals surface area contributed by atoms with Gasteiger partial charge in [-0.05, 0) is 13.3 Å². The van der Waals surface area contributed by atoms with Crippen LogP contribution in [0.5, 0.6) is 0 Å². The van der Waals surface area contributed by atoms with E-state index in [1.807, 2.05) is 13.8 Å². The number of esters is 2. The molecule has 1 N–H and O–H groups in total. The predicted molar refractivity (Wildman–Crippen MR) is 59.6 cm³/mol. The van der Waals surface area contributed by atoms with Crippen molar-refractivity contribution in [2.24, 2.45) is 0 Å². The average molecular weight is 229 g/mol. The average Bonchev–Trinajstić information content (AvgIpc) is 2.23. The summed E-state index contributed by atoms with van der Waals surface area (Å²) < 4.78 is 9.66. The third kappa shape index (κ3) is 7.84. The lowest BCUT2D eigenvalue weighted by Gasteiger charge is -2.08. The monoisotopic (exact) mass is 229 g/mol. The van der Waals surface area contributed by atoms with E-state index in [0.717, 1.165) is 6.42 Å². The van der Waals surface area contributed by atoms with Gasteiger partial charge in [0.1, 0.15) is 6.61 Å². The Bertz CT molecular complexity index is 261. The Hall–Kier alpha value is -1.52. The van der Waals surface area contributed by atoms with Crippen LogP contribution in [0, 0.1) is 0 Å². The summed E-state index contributed by atoms with van der Waals surface area (Å²) in [4.78, 5) is 21.9. The summed E-state index contributed by atoms with van der Waals surface area (Å²) in [6.45, 7) is 6.22. The summed E-state index contributed by atoms with van der Waals surface area (Å²) in [7, 11) is 0. The first kappa shape index (κ1) is 14.5. The number of ether oxygens (including phenoxy) is 2. The summed E-state index contributed by atoms with van der Waals surface area (Å²) in [5.41, 5.74) is 0.541. The fourth-order valence-corrected chi connectivity index (χ4v) is 0.937. The first-order valence-corrected chi connectivity index (χ1v) is 5.34. The van der Waals surface area contributed by atoms with Crippen LogP contribution in [0.4, 0.5) is 0 Å². The second-order valence-electron chi connectivity index (χ2n) is 3.15. The van der Waals surface area contributed by atoms with Gasteiger partial charge in [-0.1, -0.05) is 6.92 Å². The number of likely N-dealkylation sites (N-methyl/N-ethyl adjacent to an activating group) is 1. The lowest BCUT2D eigenvalue weighted by Crippen LogP contribution is -2.20. The van der Waals surface area contributed by atoms with Crippen LogP contribution in [0.3, 0.4) is 0 Å². The molecule has 0 radical (unpaired) electrons. The summed E-state index contributed by atoms with van der Waals surface area (Å²) in [5.74, 6) is -0.810. The maximum atomic E-state index is 11.3. The maximum absolute atomic E-state index is 11.3. The van der Waals surface area contributed by atoms with Gasteiger partial charge >= 0.3 is 11.9 Å². The molecule has 0 aliphatic heterocycles. The Kier molecular flexibility index (Phi) is 7.93. The SMILES string of the molecule is CCCOC(=O)C=C(COC(C)=O)NCC. The van der Waals surface area contributed by atoms with Gasteiger partial charge in [-0.3, -0.25) is 4.79 Å². The maximum Gasteiger partial charge on any atom is 0.332 e. The largest absolute Gasteiger partial charge is 0.462 e. The molecule has 5 nitrogen and oxygen atoms in total. The van der Waals surface area contributed by atoms with Crippen molar-refractivity contribution in [2.75, 3.05) is 19.8 Å². The van der Waals surface area contributed by atoms with E-state index in [9.17, 15) is 9.59 Å². The molecular weight excluding hydrogens is 210 g/mol. The Morgan fingerprint density at radius 3 is 2.44 bits per heavy atom. The minimum absolute atomic E-state index is 0.0599. The number of carbonyl (C=O) groups is 2. The molecule has 0 spiro atoms. The molecule has 0 saturated carbocycles. The quantitative estimate of drug-likeness (QED) is 0.521. The summed E-state index contributed by atoms with van der Waals surface area (Å²) >= 11 is 0. The van der Waals surface area contributed by atoms with Crippen LogP contribution >= 0.6 is 0 Å². The Balaban J connectivity index is 4.20. The van der Waals surface area contributed by atoms with Gasteiger partial charge in [-0.15, -0.1) is 0 Å². The van der Waals surface area contributed by atoms with Crippen LogP contribution in [0.25, 0.3) is 0 Å². The Morgan fingerprint density at radius 2 is 1.94 bits per heavy atom. The van der Waals surface area contributed by atoms with Crippen LogP contribution in [-0.2, 0) is 19.1 Å². The molecule has 0 rings (SSSR count). The molecule has 0 fully saturated rings. The van der Waals surface area contributed by atoms with Gasteiger partial charge in [-0.25, -0.2) is 4.79 Å². The third-order valence-corrected chi connectivity index (χ3v) is 1.58. The second-order valence-corrected chi connectivity index (χ2v) is 3.15. The standard InChI is InChI=1S/C11H19NO4/c1-4-6-15-11(14)7-10(12-5-2)8-16-9(3)13/h7,12H,4-6,8H2,1-3H3. The predicted octanol–water partition coefficient (Wildman–Crippen LogP) is 0.996. The molecule has 0 aromatic rings. The smallest absolute Gasteiger partial charge is 0.332 e. The van der Waals surface area contributed by atoms with Gasteiger partial charge < -0.3 is 14.8 Å². The molecule has 0 unspecified atom stereocenters. The molecule has 16 heavy (non-hydrogen) atoms. The van der Waals surface area contributed by atoms with Crippen molar-refractivity contribution >= 4 is 11.9 Å².